The Bertz CT molecular complexity index is 387. The lowest BCUT2D eigenvalue weighted by molar-refractivity contribution is 0.149. The summed E-state index contributed by atoms with van der Waals surface area (Å²) in [5.41, 5.74) is 1.16. The predicted molar refractivity (Wildman–Crippen MR) is 74.9 cm³/mol. The third kappa shape index (κ3) is 2.75. The van der Waals surface area contributed by atoms with E-state index in [0.29, 0.717) is 12.0 Å². The molecule has 0 aromatic carbocycles. The summed E-state index contributed by atoms with van der Waals surface area (Å²) in [4.78, 5) is 0. The molecule has 2 heterocycles. The standard InChI is InChI=1S/C14H22N2OS/c17-14-10-18-9-11(14)8-12-6-7-16(15-12)13-4-2-1-3-5-13/h6-7,11,13-14,17H,1-5,8-10H2. The van der Waals surface area contributed by atoms with Gasteiger partial charge in [-0.25, -0.2) is 0 Å². The highest BCUT2D eigenvalue weighted by Crippen LogP contribution is 2.29. The predicted octanol–water partition coefficient (Wildman–Crippen LogP) is 2.65. The Labute approximate surface area is 113 Å². The van der Waals surface area contributed by atoms with Crippen LogP contribution in [0.15, 0.2) is 12.3 Å². The maximum absolute atomic E-state index is 9.85. The summed E-state index contributed by atoms with van der Waals surface area (Å²) in [5, 5.41) is 14.6. The number of nitrogens with zero attached hydrogens (tertiary/aromatic N) is 2. The number of rotatable bonds is 3. The lowest BCUT2D eigenvalue weighted by Gasteiger charge is -2.21. The third-order valence-corrected chi connectivity index (χ3v) is 5.49. The molecule has 1 saturated carbocycles. The monoisotopic (exact) mass is 266 g/mol. The van der Waals surface area contributed by atoms with Crippen molar-refractivity contribution in [2.24, 2.45) is 5.92 Å². The molecule has 1 aromatic rings. The first-order valence-electron chi connectivity index (χ1n) is 7.13. The van der Waals surface area contributed by atoms with E-state index in [0.717, 1.165) is 23.6 Å². The Morgan fingerprint density at radius 3 is 2.83 bits per heavy atom. The van der Waals surface area contributed by atoms with Crippen LogP contribution in [0.1, 0.15) is 43.8 Å². The topological polar surface area (TPSA) is 38.0 Å². The van der Waals surface area contributed by atoms with E-state index in [-0.39, 0.29) is 6.10 Å². The minimum absolute atomic E-state index is 0.130. The quantitative estimate of drug-likeness (QED) is 0.914. The van der Waals surface area contributed by atoms with Crippen LogP contribution in [0.2, 0.25) is 0 Å². The normalized spacial score (nSPS) is 29.8. The van der Waals surface area contributed by atoms with Gasteiger partial charge in [-0.15, -0.1) is 0 Å². The number of aliphatic hydroxyl groups is 1. The van der Waals surface area contributed by atoms with Crippen LogP contribution in [0.3, 0.4) is 0 Å². The Morgan fingerprint density at radius 2 is 2.11 bits per heavy atom. The van der Waals surface area contributed by atoms with Crippen LogP contribution in [0.4, 0.5) is 0 Å². The fraction of sp³-hybridized carbons (Fsp3) is 0.786. The maximum Gasteiger partial charge on any atom is 0.0670 e. The molecule has 3 nitrogen and oxygen atoms in total. The molecule has 0 amide bonds. The average Bonchev–Trinajstić information content (AvgIpc) is 3.02. The first-order valence-corrected chi connectivity index (χ1v) is 8.28. The summed E-state index contributed by atoms with van der Waals surface area (Å²) in [6.07, 6.45) is 9.58. The van der Waals surface area contributed by atoms with E-state index in [1.54, 1.807) is 0 Å². The fourth-order valence-corrected chi connectivity index (χ4v) is 4.38. The molecule has 1 aliphatic carbocycles. The smallest absolute Gasteiger partial charge is 0.0670 e. The van der Waals surface area contributed by atoms with E-state index in [1.807, 2.05) is 11.8 Å². The van der Waals surface area contributed by atoms with Gasteiger partial charge in [-0.05, 0) is 31.1 Å². The van der Waals surface area contributed by atoms with Crippen molar-refractivity contribution in [3.8, 4) is 0 Å². The molecule has 0 bridgehead atoms. The molecule has 100 valence electrons. The zero-order valence-electron chi connectivity index (χ0n) is 10.8. The van der Waals surface area contributed by atoms with Crippen LogP contribution in [0.25, 0.3) is 0 Å². The van der Waals surface area contributed by atoms with Crippen LogP contribution >= 0.6 is 11.8 Å². The van der Waals surface area contributed by atoms with Crippen LogP contribution in [-0.2, 0) is 6.42 Å². The first kappa shape index (κ1) is 12.5. The van der Waals surface area contributed by atoms with E-state index in [1.165, 1.54) is 32.1 Å². The molecule has 0 radical (unpaired) electrons. The van der Waals surface area contributed by atoms with Crippen LogP contribution < -0.4 is 0 Å². The van der Waals surface area contributed by atoms with Crippen LogP contribution in [0, 0.1) is 5.92 Å². The van der Waals surface area contributed by atoms with E-state index in [4.69, 9.17) is 5.10 Å². The maximum atomic E-state index is 9.85. The molecular weight excluding hydrogens is 244 g/mol. The van der Waals surface area contributed by atoms with Crippen molar-refractivity contribution in [1.29, 1.82) is 0 Å². The van der Waals surface area contributed by atoms with Gasteiger partial charge in [0.15, 0.2) is 0 Å². The molecule has 2 unspecified atom stereocenters. The first-order chi connectivity index (χ1) is 8.83. The number of hydrogen-bond acceptors (Lipinski definition) is 3. The van der Waals surface area contributed by atoms with Gasteiger partial charge < -0.3 is 5.11 Å². The van der Waals surface area contributed by atoms with Crippen molar-refractivity contribution >= 4 is 11.8 Å². The lowest BCUT2D eigenvalue weighted by Crippen LogP contribution is -2.20. The highest BCUT2D eigenvalue weighted by molar-refractivity contribution is 7.99. The molecule has 2 fully saturated rings. The van der Waals surface area contributed by atoms with Gasteiger partial charge in [0, 0.05) is 17.9 Å². The van der Waals surface area contributed by atoms with Gasteiger partial charge in [-0.2, -0.15) is 16.9 Å². The van der Waals surface area contributed by atoms with Gasteiger partial charge in [0.25, 0.3) is 0 Å². The Kier molecular flexibility index (Phi) is 3.94. The van der Waals surface area contributed by atoms with Gasteiger partial charge in [0.2, 0.25) is 0 Å². The van der Waals surface area contributed by atoms with Gasteiger partial charge in [-0.3, -0.25) is 4.68 Å². The summed E-state index contributed by atoms with van der Waals surface area (Å²) >= 11 is 1.86. The second-order valence-electron chi connectivity index (χ2n) is 5.65. The Balaban J connectivity index is 1.62. The highest BCUT2D eigenvalue weighted by atomic mass is 32.2. The SMILES string of the molecule is OC1CSCC1Cc1ccn(C2CCCCC2)n1. The molecule has 1 N–H and O–H groups in total. The largest absolute Gasteiger partial charge is 0.392 e. The van der Waals surface area contributed by atoms with Crippen molar-refractivity contribution < 1.29 is 5.11 Å². The zero-order valence-corrected chi connectivity index (χ0v) is 11.6. The molecule has 18 heavy (non-hydrogen) atoms. The molecule has 1 aromatic heterocycles. The lowest BCUT2D eigenvalue weighted by atomic mass is 9.96. The van der Waals surface area contributed by atoms with Gasteiger partial charge >= 0.3 is 0 Å². The number of hydrogen-bond donors (Lipinski definition) is 1. The minimum Gasteiger partial charge on any atom is -0.392 e. The number of aromatic nitrogens is 2. The average molecular weight is 266 g/mol. The molecule has 0 spiro atoms. The molecule has 2 aliphatic rings. The number of aliphatic hydroxyl groups excluding tert-OH is 1. The minimum atomic E-state index is -0.130. The summed E-state index contributed by atoms with van der Waals surface area (Å²) in [6, 6.07) is 2.76. The Morgan fingerprint density at radius 1 is 1.28 bits per heavy atom. The van der Waals surface area contributed by atoms with Gasteiger partial charge in [0.05, 0.1) is 17.8 Å². The molecule has 1 aliphatic heterocycles. The van der Waals surface area contributed by atoms with Gasteiger partial charge in [-0.1, -0.05) is 19.3 Å². The van der Waals surface area contributed by atoms with Gasteiger partial charge in [0.1, 0.15) is 0 Å². The second-order valence-corrected chi connectivity index (χ2v) is 6.72. The third-order valence-electron chi connectivity index (χ3n) is 4.25. The summed E-state index contributed by atoms with van der Waals surface area (Å²) in [5.74, 6) is 2.38. The Hall–Kier alpha value is -0.480. The van der Waals surface area contributed by atoms with E-state index in [2.05, 4.69) is 16.9 Å². The second kappa shape index (κ2) is 5.66. The summed E-state index contributed by atoms with van der Waals surface area (Å²) < 4.78 is 2.17. The molecule has 1 saturated heterocycles. The van der Waals surface area contributed by atoms with Crippen LogP contribution in [0.5, 0.6) is 0 Å². The van der Waals surface area contributed by atoms with Crippen LogP contribution in [-0.4, -0.2) is 32.5 Å². The van der Waals surface area contributed by atoms with E-state index >= 15 is 0 Å². The van der Waals surface area contributed by atoms with Crippen molar-refractivity contribution in [2.45, 2.75) is 50.7 Å². The van der Waals surface area contributed by atoms with Crippen molar-refractivity contribution in [1.82, 2.24) is 9.78 Å². The van der Waals surface area contributed by atoms with Crippen molar-refractivity contribution in [3.63, 3.8) is 0 Å². The molecule has 4 heteroatoms. The fourth-order valence-electron chi connectivity index (χ4n) is 3.09. The highest BCUT2D eigenvalue weighted by Gasteiger charge is 2.26. The van der Waals surface area contributed by atoms with Crippen molar-refractivity contribution in [2.75, 3.05) is 11.5 Å². The summed E-state index contributed by atoms with van der Waals surface area (Å²) in [6.45, 7) is 0. The number of thioether (sulfide) groups is 1. The molecule has 2 atom stereocenters. The van der Waals surface area contributed by atoms with Crippen molar-refractivity contribution in [3.05, 3.63) is 18.0 Å². The molecule has 3 rings (SSSR count). The van der Waals surface area contributed by atoms with E-state index < -0.39 is 0 Å². The molecular formula is C14H22N2OS. The van der Waals surface area contributed by atoms with E-state index in [9.17, 15) is 5.11 Å². The zero-order chi connectivity index (χ0) is 12.4. The summed E-state index contributed by atoms with van der Waals surface area (Å²) in [7, 11) is 0.